The summed E-state index contributed by atoms with van der Waals surface area (Å²) in [5.41, 5.74) is 0. The molecule has 2 aliphatic rings. The topological polar surface area (TPSA) is 63.2 Å². The van der Waals surface area contributed by atoms with Crippen molar-refractivity contribution >= 4 is 17.5 Å². The Bertz CT molecular complexity index is 417. The van der Waals surface area contributed by atoms with Gasteiger partial charge in [-0.25, -0.2) is 0 Å². The molecule has 2 aliphatic heterocycles. The van der Waals surface area contributed by atoms with Crippen LogP contribution in [-0.4, -0.2) is 48.2 Å². The van der Waals surface area contributed by atoms with E-state index in [9.17, 15) is 0 Å². The van der Waals surface area contributed by atoms with Gasteiger partial charge in [-0.3, -0.25) is 0 Å². The summed E-state index contributed by atoms with van der Waals surface area (Å²) in [6.45, 7) is 4.11. The van der Waals surface area contributed by atoms with Gasteiger partial charge in [-0.05, 0) is 23.4 Å². The van der Waals surface area contributed by atoms with Crippen molar-refractivity contribution < 1.29 is 4.74 Å². The van der Waals surface area contributed by atoms with Crippen molar-refractivity contribution in [2.45, 2.75) is 0 Å². The SMILES string of the molecule is COc1nc(Cl)nc(N2CC3CNCC3C2)n1. The highest BCUT2D eigenvalue weighted by molar-refractivity contribution is 6.28. The van der Waals surface area contributed by atoms with Crippen molar-refractivity contribution in [2.24, 2.45) is 11.8 Å². The third kappa shape index (κ3) is 2.02. The molecule has 0 aliphatic carbocycles. The number of rotatable bonds is 2. The molecule has 0 saturated carbocycles. The maximum atomic E-state index is 5.85. The average molecular weight is 256 g/mol. The molecular formula is C10H14ClN5O. The van der Waals surface area contributed by atoms with E-state index in [0.717, 1.165) is 26.2 Å². The first-order valence-corrected chi connectivity index (χ1v) is 6.05. The summed E-state index contributed by atoms with van der Waals surface area (Å²) in [4.78, 5) is 14.4. The lowest BCUT2D eigenvalue weighted by molar-refractivity contribution is 0.378. The van der Waals surface area contributed by atoms with Gasteiger partial charge < -0.3 is 15.0 Å². The van der Waals surface area contributed by atoms with Gasteiger partial charge >= 0.3 is 6.01 Å². The van der Waals surface area contributed by atoms with E-state index in [1.54, 1.807) is 0 Å². The maximum absolute atomic E-state index is 5.85. The third-order valence-corrected chi connectivity index (χ3v) is 3.60. The van der Waals surface area contributed by atoms with Gasteiger partial charge in [-0.2, -0.15) is 15.0 Å². The number of hydrogen-bond donors (Lipinski definition) is 1. The van der Waals surface area contributed by atoms with Crippen LogP contribution < -0.4 is 15.0 Å². The van der Waals surface area contributed by atoms with Gasteiger partial charge in [-0.1, -0.05) is 0 Å². The largest absolute Gasteiger partial charge is 0.467 e. The molecule has 0 radical (unpaired) electrons. The Kier molecular flexibility index (Phi) is 2.76. The van der Waals surface area contributed by atoms with Crippen LogP contribution in [0.3, 0.4) is 0 Å². The molecule has 2 saturated heterocycles. The lowest BCUT2D eigenvalue weighted by Gasteiger charge is -2.17. The minimum atomic E-state index is 0.182. The first-order chi connectivity index (χ1) is 8.26. The molecule has 0 spiro atoms. The Morgan fingerprint density at radius 1 is 1.24 bits per heavy atom. The maximum Gasteiger partial charge on any atom is 0.322 e. The van der Waals surface area contributed by atoms with Gasteiger partial charge in [0.1, 0.15) is 0 Å². The Morgan fingerprint density at radius 2 is 1.94 bits per heavy atom. The number of nitrogens with one attached hydrogen (secondary N) is 1. The van der Waals surface area contributed by atoms with E-state index in [1.807, 2.05) is 0 Å². The molecule has 3 heterocycles. The minimum absolute atomic E-state index is 0.182. The Labute approximate surface area is 104 Å². The van der Waals surface area contributed by atoms with Crippen LogP contribution in [0.15, 0.2) is 0 Å². The zero-order chi connectivity index (χ0) is 11.8. The molecule has 6 nitrogen and oxygen atoms in total. The number of aromatic nitrogens is 3. The predicted octanol–water partition coefficient (Wildman–Crippen LogP) is 0.189. The average Bonchev–Trinajstić information content (AvgIpc) is 2.88. The van der Waals surface area contributed by atoms with E-state index < -0.39 is 0 Å². The summed E-state index contributed by atoms with van der Waals surface area (Å²) >= 11 is 5.85. The van der Waals surface area contributed by atoms with Crippen molar-refractivity contribution in [3.8, 4) is 6.01 Å². The van der Waals surface area contributed by atoms with E-state index in [4.69, 9.17) is 16.3 Å². The van der Waals surface area contributed by atoms with Gasteiger partial charge in [0.05, 0.1) is 7.11 Å². The van der Waals surface area contributed by atoms with Crippen LogP contribution in [0.1, 0.15) is 0 Å². The van der Waals surface area contributed by atoms with Crippen LogP contribution in [0.2, 0.25) is 5.28 Å². The van der Waals surface area contributed by atoms with E-state index in [1.165, 1.54) is 7.11 Å². The smallest absolute Gasteiger partial charge is 0.322 e. The van der Waals surface area contributed by atoms with E-state index in [2.05, 4.69) is 25.2 Å². The monoisotopic (exact) mass is 255 g/mol. The number of nitrogens with zero attached hydrogens (tertiary/aromatic N) is 4. The molecule has 2 atom stereocenters. The zero-order valence-electron chi connectivity index (χ0n) is 9.56. The van der Waals surface area contributed by atoms with Gasteiger partial charge in [0.2, 0.25) is 11.2 Å². The van der Waals surface area contributed by atoms with Crippen molar-refractivity contribution in [2.75, 3.05) is 38.2 Å². The summed E-state index contributed by atoms with van der Waals surface area (Å²) < 4.78 is 5.00. The van der Waals surface area contributed by atoms with Crippen LogP contribution in [0.4, 0.5) is 5.95 Å². The number of ether oxygens (including phenoxy) is 1. The second-order valence-corrected chi connectivity index (χ2v) is 4.81. The quantitative estimate of drug-likeness (QED) is 0.814. The summed E-state index contributed by atoms with van der Waals surface area (Å²) in [6, 6.07) is 0.273. The van der Waals surface area contributed by atoms with Crippen LogP contribution in [0, 0.1) is 11.8 Å². The van der Waals surface area contributed by atoms with Crippen molar-refractivity contribution in [1.82, 2.24) is 20.3 Å². The van der Waals surface area contributed by atoms with Crippen molar-refractivity contribution in [3.05, 3.63) is 5.28 Å². The summed E-state index contributed by atoms with van der Waals surface area (Å²) in [7, 11) is 1.53. The van der Waals surface area contributed by atoms with Crippen LogP contribution in [0.25, 0.3) is 0 Å². The number of hydrogen-bond acceptors (Lipinski definition) is 6. The number of fused-ring (bicyclic) bond motifs is 1. The first-order valence-electron chi connectivity index (χ1n) is 5.67. The van der Waals surface area contributed by atoms with E-state index in [-0.39, 0.29) is 11.3 Å². The van der Waals surface area contributed by atoms with Gasteiger partial charge in [0, 0.05) is 26.2 Å². The van der Waals surface area contributed by atoms with Crippen LogP contribution >= 0.6 is 11.6 Å². The molecule has 0 bridgehead atoms. The molecule has 0 aromatic carbocycles. The highest BCUT2D eigenvalue weighted by Gasteiger charge is 2.37. The minimum Gasteiger partial charge on any atom is -0.467 e. The molecule has 1 aromatic rings. The van der Waals surface area contributed by atoms with E-state index >= 15 is 0 Å². The summed E-state index contributed by atoms with van der Waals surface area (Å²) in [6.07, 6.45) is 0. The predicted molar refractivity (Wildman–Crippen MR) is 63.5 cm³/mol. The summed E-state index contributed by atoms with van der Waals surface area (Å²) in [5.74, 6) is 2.00. The lowest BCUT2D eigenvalue weighted by Crippen LogP contribution is -2.27. The Balaban J connectivity index is 1.82. The van der Waals surface area contributed by atoms with Crippen LogP contribution in [0.5, 0.6) is 6.01 Å². The second-order valence-electron chi connectivity index (χ2n) is 4.47. The second kappa shape index (κ2) is 4.27. The molecular weight excluding hydrogens is 242 g/mol. The Morgan fingerprint density at radius 3 is 2.59 bits per heavy atom. The molecule has 1 aromatic heterocycles. The number of anilines is 1. The van der Waals surface area contributed by atoms with Crippen LogP contribution in [-0.2, 0) is 0 Å². The van der Waals surface area contributed by atoms with Crippen molar-refractivity contribution in [1.29, 1.82) is 0 Å². The highest BCUT2D eigenvalue weighted by Crippen LogP contribution is 2.29. The molecule has 17 heavy (non-hydrogen) atoms. The van der Waals surface area contributed by atoms with Crippen molar-refractivity contribution in [3.63, 3.8) is 0 Å². The van der Waals surface area contributed by atoms with Gasteiger partial charge in [-0.15, -0.1) is 0 Å². The third-order valence-electron chi connectivity index (χ3n) is 3.43. The molecule has 0 amide bonds. The standard InChI is InChI=1S/C10H14ClN5O/c1-17-10-14-8(11)13-9(15-10)16-4-6-2-12-3-7(6)5-16/h6-7,12H,2-5H2,1H3. The molecule has 3 rings (SSSR count). The summed E-state index contributed by atoms with van der Waals surface area (Å²) in [5, 5.41) is 3.58. The molecule has 2 fully saturated rings. The fraction of sp³-hybridized carbons (Fsp3) is 0.700. The highest BCUT2D eigenvalue weighted by atomic mass is 35.5. The number of methoxy groups -OCH3 is 1. The molecule has 2 unspecified atom stereocenters. The fourth-order valence-electron chi connectivity index (χ4n) is 2.57. The molecule has 1 N–H and O–H groups in total. The van der Waals surface area contributed by atoms with Gasteiger partial charge in [0.25, 0.3) is 0 Å². The Hall–Kier alpha value is -1.14. The van der Waals surface area contributed by atoms with E-state index in [0.29, 0.717) is 17.8 Å². The number of halogens is 1. The normalized spacial score (nSPS) is 27.3. The van der Waals surface area contributed by atoms with Gasteiger partial charge in [0.15, 0.2) is 0 Å². The molecule has 92 valence electrons. The fourth-order valence-corrected chi connectivity index (χ4v) is 2.72. The zero-order valence-corrected chi connectivity index (χ0v) is 10.3. The lowest BCUT2D eigenvalue weighted by atomic mass is 10.0. The first kappa shape index (κ1) is 11.0. The molecule has 7 heteroatoms.